The lowest BCUT2D eigenvalue weighted by atomic mass is 10.1. The van der Waals surface area contributed by atoms with Gasteiger partial charge >= 0.3 is 0 Å². The number of hydrogen-bond donors (Lipinski definition) is 2. The molecule has 3 N–H and O–H groups in total. The molecule has 0 spiro atoms. The lowest BCUT2D eigenvalue weighted by molar-refractivity contribution is -0.385. The molecule has 0 heterocycles. The number of amides is 1. The molecule has 0 atom stereocenters. The van der Waals surface area contributed by atoms with Crippen molar-refractivity contribution < 1.29 is 9.72 Å². The monoisotopic (exact) mass is 238 g/mol. The van der Waals surface area contributed by atoms with E-state index in [2.05, 4.69) is 5.43 Å². The summed E-state index contributed by atoms with van der Waals surface area (Å²) < 4.78 is 0. The summed E-state index contributed by atoms with van der Waals surface area (Å²) in [5, 5.41) is 10.8. The van der Waals surface area contributed by atoms with E-state index in [1.807, 2.05) is 0 Å². The normalized spacial score (nSPS) is 9.82. The summed E-state index contributed by atoms with van der Waals surface area (Å²) >= 11 is 0. The Morgan fingerprint density at radius 2 is 2.24 bits per heavy atom. The van der Waals surface area contributed by atoms with Crippen molar-refractivity contribution in [3.8, 4) is 0 Å². The predicted octanol–water partition coefficient (Wildman–Crippen LogP) is 0.972. The summed E-state index contributed by atoms with van der Waals surface area (Å²) in [6.07, 6.45) is 0. The second-order valence-corrected chi connectivity index (χ2v) is 3.45. The zero-order valence-electron chi connectivity index (χ0n) is 9.64. The average molecular weight is 238 g/mol. The molecule has 0 aliphatic heterocycles. The fourth-order valence-corrected chi connectivity index (χ4v) is 1.31. The number of benzene rings is 1. The van der Waals surface area contributed by atoms with Gasteiger partial charge in [0.05, 0.1) is 4.92 Å². The first kappa shape index (κ1) is 12.9. The Morgan fingerprint density at radius 1 is 1.59 bits per heavy atom. The van der Waals surface area contributed by atoms with Gasteiger partial charge in [-0.3, -0.25) is 20.8 Å². The maximum Gasteiger partial charge on any atom is 0.282 e. The van der Waals surface area contributed by atoms with E-state index in [0.29, 0.717) is 12.2 Å². The topological polar surface area (TPSA) is 102 Å². The number of rotatable bonds is 4. The molecule has 0 unspecified atom stereocenters. The highest BCUT2D eigenvalue weighted by molar-refractivity contribution is 5.99. The molecule has 0 aliphatic rings. The van der Waals surface area contributed by atoms with Crippen LogP contribution in [0.4, 0.5) is 11.4 Å². The predicted molar refractivity (Wildman–Crippen MR) is 63.5 cm³/mol. The van der Waals surface area contributed by atoms with Gasteiger partial charge in [0.2, 0.25) is 0 Å². The van der Waals surface area contributed by atoms with E-state index in [1.165, 1.54) is 23.1 Å². The summed E-state index contributed by atoms with van der Waals surface area (Å²) in [6.45, 7) is 2.25. The molecule has 92 valence electrons. The SMILES string of the molecule is CCN(C)C(=O)c1cc(NN)ccc1[N+](=O)[O-]. The maximum atomic E-state index is 11.9. The number of hydrogen-bond acceptors (Lipinski definition) is 5. The standard InChI is InChI=1S/C10H14N4O3/c1-3-13(2)10(15)8-6-7(12-11)4-5-9(8)14(16)17/h4-6,12H,3,11H2,1-2H3. The number of nitrogen functional groups attached to an aromatic ring is 1. The van der Waals surface area contributed by atoms with E-state index in [-0.39, 0.29) is 11.3 Å². The Labute approximate surface area is 98.3 Å². The van der Waals surface area contributed by atoms with Crippen molar-refractivity contribution in [3.05, 3.63) is 33.9 Å². The summed E-state index contributed by atoms with van der Waals surface area (Å²) in [4.78, 5) is 23.5. The number of carbonyl (C=O) groups excluding carboxylic acids is 1. The molecule has 0 saturated carbocycles. The van der Waals surface area contributed by atoms with Crippen molar-refractivity contribution >= 4 is 17.3 Å². The Morgan fingerprint density at radius 3 is 2.71 bits per heavy atom. The molecule has 1 aromatic rings. The third-order valence-corrected chi connectivity index (χ3v) is 2.41. The summed E-state index contributed by atoms with van der Waals surface area (Å²) in [6, 6.07) is 4.07. The molecule has 0 aliphatic carbocycles. The van der Waals surface area contributed by atoms with Crippen LogP contribution in [0.2, 0.25) is 0 Å². The Bertz CT molecular complexity index is 447. The third-order valence-electron chi connectivity index (χ3n) is 2.41. The molecule has 7 nitrogen and oxygen atoms in total. The minimum absolute atomic E-state index is 0.0230. The zero-order chi connectivity index (χ0) is 13.0. The number of nitro benzene ring substituents is 1. The van der Waals surface area contributed by atoms with Crippen molar-refractivity contribution in [2.24, 2.45) is 5.84 Å². The molecule has 7 heteroatoms. The van der Waals surface area contributed by atoms with Crippen LogP contribution in [0.3, 0.4) is 0 Å². The fraction of sp³-hybridized carbons (Fsp3) is 0.300. The average Bonchev–Trinajstić information content (AvgIpc) is 2.35. The van der Waals surface area contributed by atoms with Gasteiger partial charge in [0, 0.05) is 25.3 Å². The molecule has 17 heavy (non-hydrogen) atoms. The van der Waals surface area contributed by atoms with Gasteiger partial charge in [-0.15, -0.1) is 0 Å². The van der Waals surface area contributed by atoms with Crippen LogP contribution in [0.25, 0.3) is 0 Å². The van der Waals surface area contributed by atoms with Gasteiger partial charge in [-0.1, -0.05) is 0 Å². The van der Waals surface area contributed by atoms with Crippen LogP contribution < -0.4 is 11.3 Å². The molecule has 0 bridgehead atoms. The number of anilines is 1. The van der Waals surface area contributed by atoms with E-state index in [1.54, 1.807) is 14.0 Å². The van der Waals surface area contributed by atoms with Crippen molar-refractivity contribution in [2.75, 3.05) is 19.0 Å². The highest BCUT2D eigenvalue weighted by Gasteiger charge is 2.22. The van der Waals surface area contributed by atoms with Crippen LogP contribution in [-0.2, 0) is 0 Å². The van der Waals surface area contributed by atoms with Crippen LogP contribution in [0.5, 0.6) is 0 Å². The first-order valence-electron chi connectivity index (χ1n) is 5.01. The van der Waals surface area contributed by atoms with E-state index >= 15 is 0 Å². The van der Waals surface area contributed by atoms with Gasteiger partial charge in [-0.2, -0.15) is 0 Å². The van der Waals surface area contributed by atoms with Crippen molar-refractivity contribution in [2.45, 2.75) is 6.92 Å². The highest BCUT2D eigenvalue weighted by Crippen LogP contribution is 2.23. The summed E-state index contributed by atoms with van der Waals surface area (Å²) in [7, 11) is 1.58. The van der Waals surface area contributed by atoms with E-state index in [0.717, 1.165) is 0 Å². The number of hydrazine groups is 1. The molecule has 1 aromatic carbocycles. The minimum Gasteiger partial charge on any atom is -0.342 e. The molecular formula is C10H14N4O3. The molecule has 0 radical (unpaired) electrons. The smallest absolute Gasteiger partial charge is 0.282 e. The second kappa shape index (κ2) is 5.26. The first-order valence-corrected chi connectivity index (χ1v) is 5.01. The van der Waals surface area contributed by atoms with Crippen LogP contribution in [0.1, 0.15) is 17.3 Å². The van der Waals surface area contributed by atoms with E-state index in [9.17, 15) is 14.9 Å². The molecular weight excluding hydrogens is 224 g/mol. The number of nitrogens with two attached hydrogens (primary N) is 1. The minimum atomic E-state index is -0.586. The van der Waals surface area contributed by atoms with Gasteiger partial charge in [0.1, 0.15) is 5.56 Å². The van der Waals surface area contributed by atoms with Crippen molar-refractivity contribution in [1.29, 1.82) is 0 Å². The van der Waals surface area contributed by atoms with Crippen molar-refractivity contribution in [3.63, 3.8) is 0 Å². The quantitative estimate of drug-likeness (QED) is 0.462. The number of nitrogens with one attached hydrogen (secondary N) is 1. The van der Waals surface area contributed by atoms with Crippen LogP contribution in [0, 0.1) is 10.1 Å². The number of carbonyl (C=O) groups is 1. The molecule has 0 aromatic heterocycles. The summed E-state index contributed by atoms with van der Waals surface area (Å²) in [5.74, 6) is 4.80. The second-order valence-electron chi connectivity index (χ2n) is 3.45. The fourth-order valence-electron chi connectivity index (χ4n) is 1.31. The largest absolute Gasteiger partial charge is 0.342 e. The lowest BCUT2D eigenvalue weighted by Gasteiger charge is -2.14. The van der Waals surface area contributed by atoms with Gasteiger partial charge in [-0.05, 0) is 19.1 Å². The van der Waals surface area contributed by atoms with Crippen molar-refractivity contribution in [1.82, 2.24) is 4.90 Å². The highest BCUT2D eigenvalue weighted by atomic mass is 16.6. The Kier molecular flexibility index (Phi) is 4.00. The van der Waals surface area contributed by atoms with Gasteiger partial charge in [0.15, 0.2) is 0 Å². The lowest BCUT2D eigenvalue weighted by Crippen LogP contribution is -2.27. The van der Waals surface area contributed by atoms with Gasteiger partial charge in [0.25, 0.3) is 11.6 Å². The van der Waals surface area contributed by atoms with Crippen LogP contribution in [0.15, 0.2) is 18.2 Å². The first-order chi connectivity index (χ1) is 8.01. The van der Waals surface area contributed by atoms with Gasteiger partial charge in [-0.25, -0.2) is 0 Å². The molecule has 0 saturated heterocycles. The van der Waals surface area contributed by atoms with Gasteiger partial charge < -0.3 is 10.3 Å². The van der Waals surface area contributed by atoms with E-state index in [4.69, 9.17) is 5.84 Å². The molecule has 1 amide bonds. The Hall–Kier alpha value is -2.15. The maximum absolute atomic E-state index is 11.9. The number of nitrogens with zero attached hydrogens (tertiary/aromatic N) is 2. The third kappa shape index (κ3) is 2.70. The molecule has 1 rings (SSSR count). The number of nitro groups is 1. The zero-order valence-corrected chi connectivity index (χ0v) is 9.64. The Balaban J connectivity index is 3.26. The molecule has 0 fully saturated rings. The van der Waals surface area contributed by atoms with Crippen LogP contribution in [-0.4, -0.2) is 29.3 Å². The van der Waals surface area contributed by atoms with E-state index < -0.39 is 10.8 Å². The van der Waals surface area contributed by atoms with Crippen LogP contribution >= 0.6 is 0 Å². The summed E-state index contributed by atoms with van der Waals surface area (Å²) in [5.41, 5.74) is 2.60.